The molecule has 1 aromatic heterocycles. The van der Waals surface area contributed by atoms with Crippen LogP contribution in [-0.2, 0) is 11.8 Å². The summed E-state index contributed by atoms with van der Waals surface area (Å²) >= 11 is 0. The molecule has 1 atom stereocenters. The summed E-state index contributed by atoms with van der Waals surface area (Å²) in [5, 5.41) is 3.89. The number of hydrogen-bond donors (Lipinski definition) is 1. The first-order valence-electron chi connectivity index (χ1n) is 3.34. The Hall–Kier alpha value is -0.940. The van der Waals surface area contributed by atoms with Gasteiger partial charge >= 0.3 is 0 Å². The molecule has 0 spiro atoms. The molecule has 0 aliphatic heterocycles. The summed E-state index contributed by atoms with van der Waals surface area (Å²) in [5.74, 6) is 0.742. The van der Waals surface area contributed by atoms with Gasteiger partial charge < -0.3 is 10.5 Å². The second kappa shape index (κ2) is 3.45. The molecule has 11 heavy (non-hydrogen) atoms. The maximum Gasteiger partial charge on any atom is 0.145 e. The molecular formula is C6H12N4O. The molecule has 5 nitrogen and oxygen atoms in total. The summed E-state index contributed by atoms with van der Waals surface area (Å²) in [4.78, 5) is 3.98. The average Bonchev–Trinajstić information content (AvgIpc) is 2.36. The van der Waals surface area contributed by atoms with E-state index in [1.54, 1.807) is 18.8 Å². The van der Waals surface area contributed by atoms with Gasteiger partial charge in [-0.25, -0.2) is 4.98 Å². The molecule has 0 saturated heterocycles. The van der Waals surface area contributed by atoms with Crippen LogP contribution in [-0.4, -0.2) is 28.5 Å². The molecule has 0 radical (unpaired) electrons. The molecule has 1 heterocycles. The minimum Gasteiger partial charge on any atom is -0.383 e. The van der Waals surface area contributed by atoms with Crippen molar-refractivity contribution in [1.29, 1.82) is 0 Å². The van der Waals surface area contributed by atoms with Crippen LogP contribution in [0.4, 0.5) is 0 Å². The summed E-state index contributed by atoms with van der Waals surface area (Å²) in [5.41, 5.74) is 5.70. The zero-order valence-electron chi connectivity index (χ0n) is 6.69. The topological polar surface area (TPSA) is 66.0 Å². The molecule has 1 rings (SSSR count). The SMILES string of the molecule is COCC(N)c1ncnn1C. The van der Waals surface area contributed by atoms with Crippen LogP contribution in [0.25, 0.3) is 0 Å². The van der Waals surface area contributed by atoms with Gasteiger partial charge in [0.2, 0.25) is 0 Å². The lowest BCUT2D eigenvalue weighted by Crippen LogP contribution is -2.20. The summed E-state index contributed by atoms with van der Waals surface area (Å²) < 4.78 is 6.52. The van der Waals surface area contributed by atoms with Gasteiger partial charge in [-0.1, -0.05) is 0 Å². The first-order valence-corrected chi connectivity index (χ1v) is 3.34. The van der Waals surface area contributed by atoms with Crippen molar-refractivity contribution in [1.82, 2.24) is 14.8 Å². The van der Waals surface area contributed by atoms with Gasteiger partial charge in [0, 0.05) is 14.2 Å². The molecule has 1 unspecified atom stereocenters. The molecule has 0 amide bonds. The third-order valence-corrected chi connectivity index (χ3v) is 1.42. The molecule has 0 bridgehead atoms. The Morgan fingerprint density at radius 3 is 3.00 bits per heavy atom. The Bertz CT molecular complexity index is 222. The molecule has 0 aliphatic rings. The van der Waals surface area contributed by atoms with Crippen LogP contribution in [0, 0.1) is 0 Å². The number of hydrogen-bond acceptors (Lipinski definition) is 4. The summed E-state index contributed by atoms with van der Waals surface area (Å²) in [6, 6.07) is -0.188. The van der Waals surface area contributed by atoms with Gasteiger partial charge in [0.15, 0.2) is 0 Å². The molecule has 0 aliphatic carbocycles. The van der Waals surface area contributed by atoms with E-state index in [-0.39, 0.29) is 6.04 Å². The zero-order chi connectivity index (χ0) is 8.27. The van der Waals surface area contributed by atoms with Gasteiger partial charge in [0.25, 0.3) is 0 Å². The van der Waals surface area contributed by atoms with Gasteiger partial charge in [-0.15, -0.1) is 0 Å². The molecule has 5 heteroatoms. The Morgan fingerprint density at radius 1 is 1.82 bits per heavy atom. The Kier molecular flexibility index (Phi) is 2.56. The van der Waals surface area contributed by atoms with Crippen LogP contribution in [0.1, 0.15) is 11.9 Å². The second-order valence-corrected chi connectivity index (χ2v) is 2.30. The highest BCUT2D eigenvalue weighted by Crippen LogP contribution is 2.03. The van der Waals surface area contributed by atoms with E-state index in [9.17, 15) is 0 Å². The fraction of sp³-hybridized carbons (Fsp3) is 0.667. The molecular weight excluding hydrogens is 144 g/mol. The van der Waals surface area contributed by atoms with E-state index in [2.05, 4.69) is 10.1 Å². The number of ether oxygens (including phenoxy) is 1. The number of methoxy groups -OCH3 is 1. The van der Waals surface area contributed by atoms with Crippen molar-refractivity contribution in [3.63, 3.8) is 0 Å². The fourth-order valence-electron chi connectivity index (χ4n) is 0.895. The first-order chi connectivity index (χ1) is 5.25. The summed E-state index contributed by atoms with van der Waals surface area (Å²) in [6.07, 6.45) is 1.48. The van der Waals surface area contributed by atoms with Crippen molar-refractivity contribution in [2.24, 2.45) is 12.8 Å². The standard InChI is InChI=1S/C6H12N4O/c1-10-6(8-4-9-10)5(7)3-11-2/h4-5H,3,7H2,1-2H3. The van der Waals surface area contributed by atoms with Crippen molar-refractivity contribution in [3.8, 4) is 0 Å². The third-order valence-electron chi connectivity index (χ3n) is 1.42. The predicted molar refractivity (Wildman–Crippen MR) is 39.8 cm³/mol. The minimum absolute atomic E-state index is 0.188. The summed E-state index contributed by atoms with van der Waals surface area (Å²) in [7, 11) is 3.41. The van der Waals surface area contributed by atoms with Crippen molar-refractivity contribution < 1.29 is 4.74 Å². The highest BCUT2D eigenvalue weighted by Gasteiger charge is 2.10. The average molecular weight is 156 g/mol. The van der Waals surface area contributed by atoms with E-state index in [1.807, 2.05) is 0 Å². The number of aromatic nitrogens is 3. The molecule has 1 aromatic rings. The highest BCUT2D eigenvalue weighted by molar-refractivity contribution is 4.91. The third kappa shape index (κ3) is 1.75. The van der Waals surface area contributed by atoms with Crippen molar-refractivity contribution in [3.05, 3.63) is 12.2 Å². The van der Waals surface area contributed by atoms with E-state index in [4.69, 9.17) is 10.5 Å². The van der Waals surface area contributed by atoms with Crippen LogP contribution >= 0.6 is 0 Å². The normalized spacial score (nSPS) is 13.4. The van der Waals surface area contributed by atoms with Gasteiger partial charge in [0.1, 0.15) is 12.2 Å². The van der Waals surface area contributed by atoms with Gasteiger partial charge in [-0.2, -0.15) is 5.10 Å². The fourth-order valence-corrected chi connectivity index (χ4v) is 0.895. The van der Waals surface area contributed by atoms with Crippen molar-refractivity contribution >= 4 is 0 Å². The predicted octanol–water partition coefficient (Wildman–Crippen LogP) is -0.539. The molecule has 62 valence electrons. The van der Waals surface area contributed by atoms with Crippen molar-refractivity contribution in [2.45, 2.75) is 6.04 Å². The molecule has 0 saturated carbocycles. The van der Waals surface area contributed by atoms with Crippen LogP contribution in [0.2, 0.25) is 0 Å². The smallest absolute Gasteiger partial charge is 0.145 e. The number of aryl methyl sites for hydroxylation is 1. The quantitative estimate of drug-likeness (QED) is 0.638. The van der Waals surface area contributed by atoms with E-state index in [0.717, 1.165) is 5.82 Å². The zero-order valence-corrected chi connectivity index (χ0v) is 6.69. The lowest BCUT2D eigenvalue weighted by molar-refractivity contribution is 0.177. The van der Waals surface area contributed by atoms with Crippen molar-refractivity contribution in [2.75, 3.05) is 13.7 Å². The highest BCUT2D eigenvalue weighted by atomic mass is 16.5. The van der Waals surface area contributed by atoms with Crippen LogP contribution in [0.15, 0.2) is 6.33 Å². The maximum absolute atomic E-state index is 5.70. The van der Waals surface area contributed by atoms with E-state index in [0.29, 0.717) is 6.61 Å². The van der Waals surface area contributed by atoms with Gasteiger partial charge in [0.05, 0.1) is 12.6 Å². The van der Waals surface area contributed by atoms with Crippen LogP contribution in [0.5, 0.6) is 0 Å². The van der Waals surface area contributed by atoms with Gasteiger partial charge in [-0.3, -0.25) is 4.68 Å². The Balaban J connectivity index is 2.67. The lowest BCUT2D eigenvalue weighted by Gasteiger charge is -2.07. The van der Waals surface area contributed by atoms with E-state index >= 15 is 0 Å². The number of nitrogens with zero attached hydrogens (tertiary/aromatic N) is 3. The first kappa shape index (κ1) is 8.16. The largest absolute Gasteiger partial charge is 0.383 e. The second-order valence-electron chi connectivity index (χ2n) is 2.30. The molecule has 0 fully saturated rings. The monoisotopic (exact) mass is 156 g/mol. The molecule has 2 N–H and O–H groups in total. The van der Waals surface area contributed by atoms with Crippen LogP contribution < -0.4 is 5.73 Å². The number of rotatable bonds is 3. The molecule has 0 aromatic carbocycles. The summed E-state index contributed by atoms with van der Waals surface area (Å²) in [6.45, 7) is 0.465. The minimum atomic E-state index is -0.188. The Morgan fingerprint density at radius 2 is 2.55 bits per heavy atom. The Labute approximate surface area is 65.2 Å². The van der Waals surface area contributed by atoms with Crippen LogP contribution in [0.3, 0.4) is 0 Å². The van der Waals surface area contributed by atoms with E-state index in [1.165, 1.54) is 6.33 Å². The number of nitrogens with two attached hydrogens (primary N) is 1. The maximum atomic E-state index is 5.70. The lowest BCUT2D eigenvalue weighted by atomic mass is 10.3. The van der Waals surface area contributed by atoms with E-state index < -0.39 is 0 Å². The van der Waals surface area contributed by atoms with Gasteiger partial charge in [-0.05, 0) is 0 Å².